The molecule has 1 aromatic rings. The van der Waals surface area contributed by atoms with Gasteiger partial charge in [-0.1, -0.05) is 18.2 Å². The van der Waals surface area contributed by atoms with Crippen LogP contribution in [-0.2, 0) is 4.79 Å². The minimum Gasteiger partial charge on any atom is -0.325 e. The van der Waals surface area contributed by atoms with Gasteiger partial charge in [0.2, 0.25) is 5.91 Å². The number of carbonyl (C=O) groups is 1. The van der Waals surface area contributed by atoms with E-state index in [4.69, 9.17) is 5.84 Å². The Morgan fingerprint density at radius 2 is 2.00 bits per heavy atom. The van der Waals surface area contributed by atoms with Gasteiger partial charge in [0.05, 0.1) is 6.54 Å². The van der Waals surface area contributed by atoms with Gasteiger partial charge in [-0.15, -0.1) is 0 Å². The molecule has 0 unspecified atom stereocenters. The highest BCUT2D eigenvalue weighted by atomic mass is 16.2. The molecule has 1 aromatic carbocycles. The van der Waals surface area contributed by atoms with Crippen molar-refractivity contribution in [1.29, 1.82) is 0 Å². The topological polar surface area (TPSA) is 67.1 Å². The van der Waals surface area contributed by atoms with Crippen molar-refractivity contribution in [2.45, 2.75) is 0 Å². The maximum atomic E-state index is 11.0. The summed E-state index contributed by atoms with van der Waals surface area (Å²) in [6.07, 6.45) is 0. The van der Waals surface area contributed by atoms with Crippen LogP contribution in [0, 0.1) is 0 Å². The Hall–Kier alpha value is -1.39. The van der Waals surface area contributed by atoms with E-state index in [1.807, 2.05) is 30.3 Å². The summed E-state index contributed by atoms with van der Waals surface area (Å²) < 4.78 is 0. The van der Waals surface area contributed by atoms with Gasteiger partial charge in [0, 0.05) is 5.69 Å². The second kappa shape index (κ2) is 4.48. The molecule has 1 amide bonds. The third kappa shape index (κ3) is 2.69. The average Bonchev–Trinajstić information content (AvgIpc) is 2.06. The van der Waals surface area contributed by atoms with E-state index < -0.39 is 0 Å². The second-order valence-electron chi connectivity index (χ2n) is 2.30. The van der Waals surface area contributed by atoms with Crippen LogP contribution in [0.5, 0.6) is 0 Å². The molecule has 0 bridgehead atoms. The van der Waals surface area contributed by atoms with Crippen LogP contribution in [0.2, 0.25) is 0 Å². The van der Waals surface area contributed by atoms with Gasteiger partial charge in [-0.3, -0.25) is 16.1 Å². The van der Waals surface area contributed by atoms with Gasteiger partial charge in [0.15, 0.2) is 0 Å². The van der Waals surface area contributed by atoms with Crippen molar-refractivity contribution in [3.8, 4) is 0 Å². The smallest absolute Gasteiger partial charge is 0.239 e. The lowest BCUT2D eigenvalue weighted by Crippen LogP contribution is -2.32. The van der Waals surface area contributed by atoms with Crippen LogP contribution >= 0.6 is 0 Å². The number of hydrogen-bond acceptors (Lipinski definition) is 3. The van der Waals surface area contributed by atoms with Crippen LogP contribution in [-0.4, -0.2) is 12.5 Å². The molecular formula is C8H11N3O. The number of benzene rings is 1. The first-order valence-electron chi connectivity index (χ1n) is 3.61. The molecule has 0 aliphatic carbocycles. The highest BCUT2D eigenvalue weighted by Crippen LogP contribution is 2.03. The lowest BCUT2D eigenvalue weighted by Gasteiger charge is -2.02. The predicted octanol–water partition coefficient (Wildman–Crippen LogP) is 0.0884. The number of anilines is 1. The number of carbonyl (C=O) groups excluding carboxylic acids is 1. The first kappa shape index (κ1) is 8.70. The number of nitrogens with two attached hydrogens (primary N) is 1. The maximum absolute atomic E-state index is 11.0. The molecule has 4 heteroatoms. The van der Waals surface area contributed by atoms with Crippen molar-refractivity contribution in [3.05, 3.63) is 30.3 Å². The first-order valence-corrected chi connectivity index (χ1v) is 3.61. The van der Waals surface area contributed by atoms with E-state index in [9.17, 15) is 4.79 Å². The van der Waals surface area contributed by atoms with E-state index in [2.05, 4.69) is 10.7 Å². The molecule has 0 radical (unpaired) electrons. The fourth-order valence-corrected chi connectivity index (χ4v) is 0.819. The van der Waals surface area contributed by atoms with Crippen molar-refractivity contribution in [2.24, 2.45) is 5.84 Å². The third-order valence-corrected chi connectivity index (χ3v) is 1.32. The van der Waals surface area contributed by atoms with Crippen molar-refractivity contribution < 1.29 is 4.79 Å². The second-order valence-corrected chi connectivity index (χ2v) is 2.30. The maximum Gasteiger partial charge on any atom is 0.239 e. The summed E-state index contributed by atoms with van der Waals surface area (Å²) in [7, 11) is 0. The molecule has 12 heavy (non-hydrogen) atoms. The minimum atomic E-state index is -0.149. The SMILES string of the molecule is NNCC(=O)Nc1ccccc1. The van der Waals surface area contributed by atoms with E-state index in [0.29, 0.717) is 0 Å². The summed E-state index contributed by atoms with van der Waals surface area (Å²) in [6.45, 7) is 0.120. The molecule has 4 N–H and O–H groups in total. The summed E-state index contributed by atoms with van der Waals surface area (Å²) in [5, 5.41) is 2.66. The summed E-state index contributed by atoms with van der Waals surface area (Å²) in [6, 6.07) is 9.22. The molecule has 0 aliphatic rings. The zero-order valence-corrected chi connectivity index (χ0v) is 6.58. The molecule has 0 fully saturated rings. The van der Waals surface area contributed by atoms with E-state index in [0.717, 1.165) is 5.69 Å². The molecule has 64 valence electrons. The summed E-state index contributed by atoms with van der Waals surface area (Å²) in [4.78, 5) is 11.0. The number of para-hydroxylation sites is 1. The van der Waals surface area contributed by atoms with Crippen LogP contribution in [0.4, 0.5) is 5.69 Å². The Kier molecular flexibility index (Phi) is 3.25. The fourth-order valence-electron chi connectivity index (χ4n) is 0.819. The molecule has 0 aromatic heterocycles. The summed E-state index contributed by atoms with van der Waals surface area (Å²) in [5.41, 5.74) is 3.05. The van der Waals surface area contributed by atoms with Crippen LogP contribution in [0.25, 0.3) is 0 Å². The zero-order chi connectivity index (χ0) is 8.81. The fraction of sp³-hybridized carbons (Fsp3) is 0.125. The van der Waals surface area contributed by atoms with Gasteiger partial charge in [0.1, 0.15) is 0 Å². The van der Waals surface area contributed by atoms with Gasteiger partial charge in [0.25, 0.3) is 0 Å². The monoisotopic (exact) mass is 165 g/mol. The van der Waals surface area contributed by atoms with Gasteiger partial charge in [-0.2, -0.15) is 0 Å². The van der Waals surface area contributed by atoms with Gasteiger partial charge in [-0.05, 0) is 12.1 Å². The van der Waals surface area contributed by atoms with Crippen molar-refractivity contribution in [1.82, 2.24) is 5.43 Å². The van der Waals surface area contributed by atoms with E-state index in [1.165, 1.54) is 0 Å². The molecule has 0 atom stereocenters. The van der Waals surface area contributed by atoms with Crippen LogP contribution in [0.15, 0.2) is 30.3 Å². The van der Waals surface area contributed by atoms with E-state index >= 15 is 0 Å². The Morgan fingerprint density at radius 1 is 1.33 bits per heavy atom. The molecule has 0 spiro atoms. The Labute approximate surface area is 70.7 Å². The normalized spacial score (nSPS) is 9.42. The highest BCUT2D eigenvalue weighted by molar-refractivity contribution is 5.92. The summed E-state index contributed by atoms with van der Waals surface area (Å²) in [5.74, 6) is 4.82. The Bertz CT molecular complexity index is 248. The third-order valence-electron chi connectivity index (χ3n) is 1.32. The zero-order valence-electron chi connectivity index (χ0n) is 6.58. The van der Waals surface area contributed by atoms with E-state index in [-0.39, 0.29) is 12.5 Å². The molecular weight excluding hydrogens is 154 g/mol. The lowest BCUT2D eigenvalue weighted by molar-refractivity contribution is -0.115. The van der Waals surface area contributed by atoms with Crippen molar-refractivity contribution in [2.75, 3.05) is 11.9 Å². The average molecular weight is 165 g/mol. The molecule has 1 rings (SSSR count). The number of hydrazine groups is 1. The van der Waals surface area contributed by atoms with Gasteiger partial charge >= 0.3 is 0 Å². The Morgan fingerprint density at radius 3 is 2.58 bits per heavy atom. The largest absolute Gasteiger partial charge is 0.325 e. The standard InChI is InChI=1S/C8H11N3O/c9-10-6-8(12)11-7-4-2-1-3-5-7/h1-5,10H,6,9H2,(H,11,12). The predicted molar refractivity (Wildman–Crippen MR) is 47.3 cm³/mol. The van der Waals surface area contributed by atoms with Gasteiger partial charge in [-0.25, -0.2) is 0 Å². The number of nitrogens with one attached hydrogen (secondary N) is 2. The minimum absolute atomic E-state index is 0.120. The number of amides is 1. The molecule has 0 saturated carbocycles. The molecule has 0 saturated heterocycles. The van der Waals surface area contributed by atoms with Crippen LogP contribution in [0.1, 0.15) is 0 Å². The van der Waals surface area contributed by atoms with Crippen molar-refractivity contribution >= 4 is 11.6 Å². The lowest BCUT2D eigenvalue weighted by atomic mass is 10.3. The molecule has 0 aliphatic heterocycles. The number of hydrogen-bond donors (Lipinski definition) is 3. The van der Waals surface area contributed by atoms with Crippen molar-refractivity contribution in [3.63, 3.8) is 0 Å². The van der Waals surface area contributed by atoms with Crippen LogP contribution in [0.3, 0.4) is 0 Å². The molecule has 4 nitrogen and oxygen atoms in total. The first-order chi connectivity index (χ1) is 5.83. The van der Waals surface area contributed by atoms with Crippen LogP contribution < -0.4 is 16.6 Å². The highest BCUT2D eigenvalue weighted by Gasteiger charge is 1.97. The Balaban J connectivity index is 2.47. The van der Waals surface area contributed by atoms with E-state index in [1.54, 1.807) is 0 Å². The molecule has 0 heterocycles. The summed E-state index contributed by atoms with van der Waals surface area (Å²) >= 11 is 0. The number of rotatable bonds is 3. The van der Waals surface area contributed by atoms with Gasteiger partial charge < -0.3 is 5.32 Å². The quantitative estimate of drug-likeness (QED) is 0.439.